The Balaban J connectivity index is 4.37. The molecule has 0 aliphatic heterocycles. The zero-order valence-electron chi connectivity index (χ0n) is 14.6. The van der Waals surface area contributed by atoms with E-state index in [1.807, 2.05) is 0 Å². The maximum absolute atomic E-state index is 11.8. The Morgan fingerprint density at radius 3 is 2.23 bits per heavy atom. The molecule has 0 rings (SSSR count). The van der Waals surface area contributed by atoms with Crippen molar-refractivity contribution >= 4 is 49.0 Å². The van der Waals surface area contributed by atoms with Crippen LogP contribution in [0.4, 0.5) is 0 Å². The summed E-state index contributed by atoms with van der Waals surface area (Å²) in [6, 6.07) is -1.38. The minimum absolute atomic E-state index is 0.00578. The van der Waals surface area contributed by atoms with E-state index in [2.05, 4.69) is 35.9 Å². The highest BCUT2D eigenvalue weighted by molar-refractivity contribution is 7.81. The second kappa shape index (κ2) is 14.8. The number of carbonyl (C=O) groups excluding carboxylic acids is 4. The van der Waals surface area contributed by atoms with Gasteiger partial charge in [-0.25, -0.2) is 4.79 Å². The molecule has 0 spiro atoms. The van der Waals surface area contributed by atoms with Gasteiger partial charge < -0.3 is 26.8 Å². The molecule has 0 fully saturated rings. The molecule has 0 saturated heterocycles. The van der Waals surface area contributed by atoms with Crippen molar-refractivity contribution in [2.45, 2.75) is 44.2 Å². The van der Waals surface area contributed by atoms with E-state index in [-0.39, 0.29) is 42.7 Å². The number of nitrogens with one attached hydrogen (secondary N) is 2. The molecule has 150 valence electrons. The number of hydrogen-bond donors (Lipinski definition) is 6. The molecule has 1 unspecified atom stereocenters. The minimum atomic E-state index is -0.875. The second-order valence-corrected chi connectivity index (χ2v) is 6.24. The number of nitrogens with two attached hydrogens (primary N) is 2. The summed E-state index contributed by atoms with van der Waals surface area (Å²) in [5, 5.41) is 5.20. The molecule has 9 nitrogen and oxygen atoms in total. The van der Waals surface area contributed by atoms with E-state index in [1.54, 1.807) is 0 Å². The average Bonchev–Trinajstić information content (AvgIpc) is 2.63. The maximum Gasteiger partial charge on any atom is 0.330 e. The third kappa shape index (κ3) is 12.1. The average molecular weight is 409 g/mol. The third-order valence-electron chi connectivity index (χ3n) is 3.38. The van der Waals surface area contributed by atoms with Crippen molar-refractivity contribution in [2.75, 3.05) is 24.6 Å². The smallest absolute Gasteiger partial charge is 0.330 e. The highest BCUT2D eigenvalue weighted by atomic mass is 32.1. The standard InChI is InChI=1S/C15H28N4O5S2/c16-6-2-1-3-11(17)15(23)24-14(22)5-4-10(19-13(21)9-26)7-18-12(20)8-25/h10-11,25-26H,1-9,16-17H2,(H,18,20)(H,19,21)/t10?,11-/m0/s1. The number of esters is 2. The molecule has 0 aliphatic carbocycles. The quantitative estimate of drug-likeness (QED) is 0.0963. The zero-order chi connectivity index (χ0) is 19.9. The maximum atomic E-state index is 11.8. The van der Waals surface area contributed by atoms with Gasteiger partial charge in [0.15, 0.2) is 0 Å². The number of amides is 2. The van der Waals surface area contributed by atoms with Gasteiger partial charge in [0.1, 0.15) is 6.04 Å². The van der Waals surface area contributed by atoms with Crippen molar-refractivity contribution < 1.29 is 23.9 Å². The predicted octanol–water partition coefficient (Wildman–Crippen LogP) is -1.25. The Morgan fingerprint density at radius 1 is 1.00 bits per heavy atom. The van der Waals surface area contributed by atoms with Crippen molar-refractivity contribution in [3.63, 3.8) is 0 Å². The normalized spacial score (nSPS) is 12.8. The Morgan fingerprint density at radius 2 is 1.65 bits per heavy atom. The van der Waals surface area contributed by atoms with Gasteiger partial charge in [-0.1, -0.05) is 6.42 Å². The molecule has 6 N–H and O–H groups in total. The van der Waals surface area contributed by atoms with Gasteiger partial charge in [0.25, 0.3) is 0 Å². The number of thiol groups is 2. The number of hydrogen-bond acceptors (Lipinski definition) is 9. The van der Waals surface area contributed by atoms with E-state index >= 15 is 0 Å². The first-order chi connectivity index (χ1) is 12.3. The number of carbonyl (C=O) groups is 4. The fourth-order valence-corrected chi connectivity index (χ4v) is 2.15. The van der Waals surface area contributed by atoms with Crippen molar-refractivity contribution in [3.05, 3.63) is 0 Å². The Bertz CT molecular complexity index is 479. The van der Waals surface area contributed by atoms with Gasteiger partial charge in [-0.2, -0.15) is 25.3 Å². The fourth-order valence-electron chi connectivity index (χ4n) is 1.95. The molecule has 0 aliphatic rings. The van der Waals surface area contributed by atoms with Gasteiger partial charge in [0, 0.05) is 19.0 Å². The molecule has 2 amide bonds. The molecule has 0 aromatic carbocycles. The van der Waals surface area contributed by atoms with Gasteiger partial charge in [-0.3, -0.25) is 14.4 Å². The molecule has 0 heterocycles. The van der Waals surface area contributed by atoms with Crippen LogP contribution in [0.25, 0.3) is 0 Å². The van der Waals surface area contributed by atoms with E-state index in [0.29, 0.717) is 19.4 Å². The first-order valence-electron chi connectivity index (χ1n) is 8.32. The van der Waals surface area contributed by atoms with E-state index in [4.69, 9.17) is 16.2 Å². The molecular weight excluding hydrogens is 380 g/mol. The summed E-state index contributed by atoms with van der Waals surface area (Å²) in [5.41, 5.74) is 11.0. The van der Waals surface area contributed by atoms with Crippen LogP contribution in [0, 0.1) is 0 Å². The summed E-state index contributed by atoms with van der Waals surface area (Å²) < 4.78 is 4.71. The number of unbranched alkanes of at least 4 members (excludes halogenated alkanes) is 1. The minimum Gasteiger partial charge on any atom is -0.392 e. The van der Waals surface area contributed by atoms with Gasteiger partial charge in [-0.05, 0) is 25.8 Å². The Kier molecular flexibility index (Phi) is 14.1. The van der Waals surface area contributed by atoms with Crippen LogP contribution in [0.1, 0.15) is 32.1 Å². The lowest BCUT2D eigenvalue weighted by Crippen LogP contribution is -2.44. The molecule has 0 bridgehead atoms. The van der Waals surface area contributed by atoms with Crippen LogP contribution in [0.3, 0.4) is 0 Å². The van der Waals surface area contributed by atoms with Gasteiger partial charge in [-0.15, -0.1) is 0 Å². The highest BCUT2D eigenvalue weighted by Crippen LogP contribution is 2.04. The SMILES string of the molecule is NCCCC[C@H](N)C(=O)OC(=O)CCC(CNC(=O)CS)NC(=O)CS. The van der Waals surface area contributed by atoms with Gasteiger partial charge in [0.05, 0.1) is 11.5 Å². The summed E-state index contributed by atoms with van der Waals surface area (Å²) in [4.78, 5) is 46.2. The Hall–Kier alpha value is -1.30. The third-order valence-corrected chi connectivity index (χ3v) is 3.96. The Labute approximate surface area is 164 Å². The van der Waals surface area contributed by atoms with Crippen molar-refractivity contribution in [2.24, 2.45) is 11.5 Å². The van der Waals surface area contributed by atoms with Crippen molar-refractivity contribution in [3.8, 4) is 0 Å². The van der Waals surface area contributed by atoms with Crippen LogP contribution >= 0.6 is 25.3 Å². The van der Waals surface area contributed by atoms with Crippen LogP contribution in [0.5, 0.6) is 0 Å². The molecule has 11 heteroatoms. The monoisotopic (exact) mass is 408 g/mol. The summed E-state index contributed by atoms with van der Waals surface area (Å²) in [7, 11) is 0. The molecule has 2 atom stereocenters. The second-order valence-electron chi connectivity index (χ2n) is 5.61. The van der Waals surface area contributed by atoms with E-state index in [0.717, 1.165) is 6.42 Å². The van der Waals surface area contributed by atoms with E-state index in [1.165, 1.54) is 0 Å². The largest absolute Gasteiger partial charge is 0.392 e. The van der Waals surface area contributed by atoms with Crippen LogP contribution in [-0.4, -0.2) is 60.4 Å². The predicted molar refractivity (Wildman–Crippen MR) is 104 cm³/mol. The number of ether oxygens (including phenoxy) is 1. The van der Waals surface area contributed by atoms with Crippen molar-refractivity contribution in [1.29, 1.82) is 0 Å². The van der Waals surface area contributed by atoms with Gasteiger partial charge in [0.2, 0.25) is 11.8 Å². The van der Waals surface area contributed by atoms with Gasteiger partial charge >= 0.3 is 11.9 Å². The first kappa shape index (κ1) is 24.7. The molecular formula is C15H28N4O5S2. The first-order valence-corrected chi connectivity index (χ1v) is 9.58. The van der Waals surface area contributed by atoms with Crippen LogP contribution in [0.2, 0.25) is 0 Å². The summed E-state index contributed by atoms with van der Waals surface area (Å²) in [6.07, 6.45) is 1.86. The van der Waals surface area contributed by atoms with E-state index in [9.17, 15) is 19.2 Å². The topological polar surface area (TPSA) is 154 Å². The fraction of sp³-hybridized carbons (Fsp3) is 0.733. The van der Waals surface area contributed by atoms with Crippen molar-refractivity contribution in [1.82, 2.24) is 10.6 Å². The molecule has 0 aromatic rings. The summed E-state index contributed by atoms with van der Waals surface area (Å²) in [6.45, 7) is 0.628. The molecule has 0 radical (unpaired) electrons. The van der Waals surface area contributed by atoms with Crippen LogP contribution in [0.15, 0.2) is 0 Å². The lowest BCUT2D eigenvalue weighted by molar-refractivity contribution is -0.161. The van der Waals surface area contributed by atoms with Crippen LogP contribution in [-0.2, 0) is 23.9 Å². The number of rotatable bonds is 13. The molecule has 0 saturated carbocycles. The molecule has 0 aromatic heterocycles. The zero-order valence-corrected chi connectivity index (χ0v) is 16.4. The highest BCUT2D eigenvalue weighted by Gasteiger charge is 2.20. The van der Waals surface area contributed by atoms with E-state index < -0.39 is 24.0 Å². The summed E-state index contributed by atoms with van der Waals surface area (Å²) >= 11 is 7.70. The summed E-state index contributed by atoms with van der Waals surface area (Å²) in [5.74, 6) is -2.20. The van der Waals surface area contributed by atoms with Crippen LogP contribution < -0.4 is 22.1 Å². The lowest BCUT2D eigenvalue weighted by atomic mass is 10.1. The molecule has 26 heavy (non-hydrogen) atoms. The lowest BCUT2D eigenvalue weighted by Gasteiger charge is -2.18.